The van der Waals surface area contributed by atoms with Crippen molar-refractivity contribution < 1.29 is 9.90 Å². The molecule has 0 unspecified atom stereocenters. The first kappa shape index (κ1) is 12.0. The molecule has 1 aromatic carbocycles. The number of aliphatic hydroxyl groups excluding tert-OH is 1. The first-order valence-corrected chi connectivity index (χ1v) is 5.11. The Labute approximate surface area is 94.2 Å². The van der Waals surface area contributed by atoms with Crippen molar-refractivity contribution in [2.24, 2.45) is 0 Å². The molecule has 15 heavy (non-hydrogen) atoms. The van der Waals surface area contributed by atoms with E-state index in [1.54, 1.807) is 13.0 Å². The van der Waals surface area contributed by atoms with Crippen molar-refractivity contribution in [3.05, 3.63) is 40.9 Å². The molecule has 0 aliphatic rings. The number of ketones is 1. The van der Waals surface area contributed by atoms with E-state index in [0.29, 0.717) is 0 Å². The molecule has 1 atom stereocenters. The van der Waals surface area contributed by atoms with Crippen LogP contribution in [0.1, 0.15) is 18.9 Å². The van der Waals surface area contributed by atoms with Crippen LogP contribution < -0.4 is 0 Å². The summed E-state index contributed by atoms with van der Waals surface area (Å²) in [6, 6.07) is 9.35. The molecule has 0 aliphatic heterocycles. The fourth-order valence-electron chi connectivity index (χ4n) is 1.14. The first-order chi connectivity index (χ1) is 7.09. The Hall–Kier alpha value is -1.12. The molecule has 0 aliphatic carbocycles. The predicted octanol–water partition coefficient (Wildman–Crippen LogP) is 2.61. The van der Waals surface area contributed by atoms with Gasteiger partial charge in [-0.1, -0.05) is 41.9 Å². The van der Waals surface area contributed by atoms with Crippen molar-refractivity contribution in [2.45, 2.75) is 19.4 Å². The molecule has 0 spiro atoms. The van der Waals surface area contributed by atoms with Gasteiger partial charge in [0.1, 0.15) is 0 Å². The van der Waals surface area contributed by atoms with E-state index in [0.717, 1.165) is 5.56 Å². The minimum atomic E-state index is -0.657. The summed E-state index contributed by atoms with van der Waals surface area (Å²) in [5.74, 6) is -0.240. The molecule has 0 radical (unpaired) electrons. The summed E-state index contributed by atoms with van der Waals surface area (Å²) < 4.78 is 0. The second kappa shape index (κ2) is 5.69. The summed E-state index contributed by atoms with van der Waals surface area (Å²) in [7, 11) is 0. The van der Waals surface area contributed by atoms with Gasteiger partial charge in [-0.05, 0) is 18.6 Å². The van der Waals surface area contributed by atoms with Crippen molar-refractivity contribution in [3.8, 4) is 0 Å². The lowest BCUT2D eigenvalue weighted by Crippen LogP contribution is -2.09. The second-order valence-corrected chi connectivity index (χ2v) is 3.79. The lowest BCUT2D eigenvalue weighted by Gasteiger charge is -2.01. The molecule has 1 rings (SSSR count). The third kappa shape index (κ3) is 4.28. The molecule has 0 aromatic heterocycles. The van der Waals surface area contributed by atoms with Crippen LogP contribution in [0.5, 0.6) is 0 Å². The zero-order valence-corrected chi connectivity index (χ0v) is 9.24. The Kier molecular flexibility index (Phi) is 4.53. The fourth-order valence-corrected chi connectivity index (χ4v) is 1.35. The average Bonchev–Trinajstić information content (AvgIpc) is 2.18. The van der Waals surface area contributed by atoms with Crippen LogP contribution in [-0.4, -0.2) is 17.0 Å². The molecule has 3 heteroatoms. The Morgan fingerprint density at radius 3 is 2.60 bits per heavy atom. The van der Waals surface area contributed by atoms with Crippen LogP contribution >= 0.6 is 11.6 Å². The first-order valence-electron chi connectivity index (χ1n) is 4.73. The highest BCUT2D eigenvalue weighted by atomic mass is 35.5. The van der Waals surface area contributed by atoms with Crippen LogP contribution in [0.15, 0.2) is 35.4 Å². The van der Waals surface area contributed by atoms with Crippen molar-refractivity contribution in [1.82, 2.24) is 0 Å². The van der Waals surface area contributed by atoms with Gasteiger partial charge in [0.05, 0.1) is 11.1 Å². The quantitative estimate of drug-likeness (QED) is 0.799. The lowest BCUT2D eigenvalue weighted by atomic mass is 10.1. The molecule has 0 fully saturated rings. The minimum Gasteiger partial charge on any atom is -0.393 e. The molecule has 0 saturated heterocycles. The smallest absolute Gasteiger partial charge is 0.176 e. The predicted molar refractivity (Wildman–Crippen MR) is 61.6 cm³/mol. The molecular weight excluding hydrogens is 212 g/mol. The van der Waals surface area contributed by atoms with Gasteiger partial charge in [-0.25, -0.2) is 0 Å². The molecule has 2 nitrogen and oxygen atoms in total. The monoisotopic (exact) mass is 224 g/mol. The maximum atomic E-state index is 11.4. The van der Waals surface area contributed by atoms with Gasteiger partial charge in [-0.2, -0.15) is 0 Å². The van der Waals surface area contributed by atoms with Crippen LogP contribution in [0, 0.1) is 0 Å². The number of carbonyl (C=O) groups is 1. The van der Waals surface area contributed by atoms with Crippen LogP contribution in [0.3, 0.4) is 0 Å². The van der Waals surface area contributed by atoms with Gasteiger partial charge in [-0.15, -0.1) is 0 Å². The summed E-state index contributed by atoms with van der Waals surface area (Å²) in [5.41, 5.74) is 0.876. The number of carbonyl (C=O) groups excluding carboxylic acids is 1. The highest BCUT2D eigenvalue weighted by molar-refractivity contribution is 6.44. The van der Waals surface area contributed by atoms with E-state index in [2.05, 4.69) is 0 Å². The largest absolute Gasteiger partial charge is 0.393 e. The van der Waals surface area contributed by atoms with Gasteiger partial charge < -0.3 is 5.11 Å². The second-order valence-electron chi connectivity index (χ2n) is 3.38. The summed E-state index contributed by atoms with van der Waals surface area (Å²) in [5, 5.41) is 9.19. The van der Waals surface area contributed by atoms with E-state index in [-0.39, 0.29) is 17.2 Å². The molecule has 0 heterocycles. The van der Waals surface area contributed by atoms with Crippen molar-refractivity contribution in [1.29, 1.82) is 0 Å². The van der Waals surface area contributed by atoms with Gasteiger partial charge in [-0.3, -0.25) is 4.79 Å². The van der Waals surface area contributed by atoms with Crippen LogP contribution in [0.4, 0.5) is 0 Å². The van der Waals surface area contributed by atoms with Gasteiger partial charge in [0, 0.05) is 6.42 Å². The maximum absolute atomic E-state index is 11.4. The molecule has 1 N–H and O–H groups in total. The summed E-state index contributed by atoms with van der Waals surface area (Å²) >= 11 is 5.81. The Morgan fingerprint density at radius 1 is 1.47 bits per heavy atom. The lowest BCUT2D eigenvalue weighted by molar-refractivity contribution is -0.116. The van der Waals surface area contributed by atoms with Crippen molar-refractivity contribution in [2.75, 3.05) is 0 Å². The molecular formula is C12H13ClO2. The third-order valence-electron chi connectivity index (χ3n) is 1.84. The molecule has 0 saturated carbocycles. The molecule has 80 valence electrons. The summed E-state index contributed by atoms with van der Waals surface area (Å²) in [6.07, 6.45) is 1.00. The number of halogens is 1. The minimum absolute atomic E-state index is 0.0577. The molecule has 1 aromatic rings. The van der Waals surface area contributed by atoms with Crippen molar-refractivity contribution >= 4 is 23.5 Å². The van der Waals surface area contributed by atoms with E-state index >= 15 is 0 Å². The van der Waals surface area contributed by atoms with E-state index in [1.165, 1.54) is 0 Å². The van der Waals surface area contributed by atoms with Crippen LogP contribution in [-0.2, 0) is 4.79 Å². The number of aliphatic hydroxyl groups is 1. The zero-order chi connectivity index (χ0) is 11.3. The fraction of sp³-hybridized carbons (Fsp3) is 0.250. The van der Waals surface area contributed by atoms with Crippen LogP contribution in [0.25, 0.3) is 6.08 Å². The zero-order valence-electron chi connectivity index (χ0n) is 8.48. The summed E-state index contributed by atoms with van der Waals surface area (Å²) in [6.45, 7) is 1.56. The normalized spacial score (nSPS) is 13.7. The Balaban J connectivity index is 2.72. The molecule has 0 bridgehead atoms. The van der Waals surface area contributed by atoms with Gasteiger partial charge >= 0.3 is 0 Å². The third-order valence-corrected chi connectivity index (χ3v) is 2.16. The highest BCUT2D eigenvalue weighted by Gasteiger charge is 2.09. The maximum Gasteiger partial charge on any atom is 0.176 e. The van der Waals surface area contributed by atoms with Crippen LogP contribution in [0.2, 0.25) is 0 Å². The summed E-state index contributed by atoms with van der Waals surface area (Å²) in [4.78, 5) is 11.4. The van der Waals surface area contributed by atoms with Gasteiger partial charge in [0.2, 0.25) is 0 Å². The van der Waals surface area contributed by atoms with E-state index in [1.807, 2.05) is 30.3 Å². The molecule has 0 amide bonds. The standard InChI is InChI=1S/C12H13ClO2/c1-9(14)7-12(15)11(13)8-10-5-3-2-4-6-10/h2-6,8-9,14H,7H2,1H3/b11-8-/t9-/m0/s1. The van der Waals surface area contributed by atoms with E-state index in [9.17, 15) is 4.79 Å². The number of Topliss-reactive ketones (excluding diaryl/α,β-unsaturated/α-hetero) is 1. The number of hydrogen-bond donors (Lipinski definition) is 1. The Morgan fingerprint density at radius 2 is 2.07 bits per heavy atom. The highest BCUT2D eigenvalue weighted by Crippen LogP contribution is 2.13. The van der Waals surface area contributed by atoms with Gasteiger partial charge in [0.25, 0.3) is 0 Å². The Bertz CT molecular complexity index is 355. The number of allylic oxidation sites excluding steroid dienone is 1. The number of hydrogen-bond acceptors (Lipinski definition) is 2. The topological polar surface area (TPSA) is 37.3 Å². The van der Waals surface area contributed by atoms with Crippen molar-refractivity contribution in [3.63, 3.8) is 0 Å². The van der Waals surface area contributed by atoms with Gasteiger partial charge in [0.15, 0.2) is 5.78 Å². The average molecular weight is 225 g/mol. The van der Waals surface area contributed by atoms with E-state index < -0.39 is 6.10 Å². The number of rotatable bonds is 4. The number of benzene rings is 1. The van der Waals surface area contributed by atoms with E-state index in [4.69, 9.17) is 16.7 Å². The SMILES string of the molecule is C[C@H](O)CC(=O)/C(Cl)=C/c1ccccc1.